The number of rotatable bonds is 5. The Morgan fingerprint density at radius 2 is 2.24 bits per heavy atom. The minimum atomic E-state index is 0.650. The Labute approximate surface area is 128 Å². The third-order valence-corrected chi connectivity index (χ3v) is 4.83. The number of hydrogen-bond acceptors (Lipinski definition) is 4. The molecule has 2 aliphatic heterocycles. The Kier molecular flexibility index (Phi) is 4.76. The van der Waals surface area contributed by atoms with Crippen LogP contribution in [0.1, 0.15) is 38.7 Å². The molecular formula is C17H28N4. The van der Waals surface area contributed by atoms with Crippen LogP contribution in [-0.2, 0) is 6.54 Å². The zero-order chi connectivity index (χ0) is 14.7. The van der Waals surface area contributed by atoms with Gasteiger partial charge in [0.25, 0.3) is 0 Å². The van der Waals surface area contributed by atoms with Gasteiger partial charge in [-0.15, -0.1) is 0 Å². The summed E-state index contributed by atoms with van der Waals surface area (Å²) in [5.41, 5.74) is 1.33. The maximum atomic E-state index is 4.53. The molecule has 3 heterocycles. The van der Waals surface area contributed by atoms with Crippen LogP contribution in [-0.4, -0.2) is 53.0 Å². The summed E-state index contributed by atoms with van der Waals surface area (Å²) in [6.07, 6.45) is 5.92. The van der Waals surface area contributed by atoms with Gasteiger partial charge in [-0.05, 0) is 44.4 Å². The highest BCUT2D eigenvalue weighted by Crippen LogP contribution is 2.25. The van der Waals surface area contributed by atoms with Crippen LogP contribution in [0.5, 0.6) is 0 Å². The van der Waals surface area contributed by atoms with E-state index in [2.05, 4.69) is 46.1 Å². The third kappa shape index (κ3) is 3.55. The van der Waals surface area contributed by atoms with Gasteiger partial charge in [0, 0.05) is 44.5 Å². The van der Waals surface area contributed by atoms with E-state index in [9.17, 15) is 0 Å². The van der Waals surface area contributed by atoms with E-state index in [1.54, 1.807) is 0 Å². The van der Waals surface area contributed by atoms with Crippen molar-refractivity contribution < 1.29 is 0 Å². The number of piperazine rings is 1. The Balaban J connectivity index is 1.58. The highest BCUT2D eigenvalue weighted by molar-refractivity contribution is 5.35. The van der Waals surface area contributed by atoms with E-state index in [0.717, 1.165) is 31.4 Å². The van der Waals surface area contributed by atoms with Gasteiger partial charge in [-0.3, -0.25) is 9.80 Å². The summed E-state index contributed by atoms with van der Waals surface area (Å²) in [4.78, 5) is 9.83. The van der Waals surface area contributed by atoms with Gasteiger partial charge in [0.2, 0.25) is 0 Å². The average Bonchev–Trinajstić information content (AvgIpc) is 2.94. The predicted molar refractivity (Wildman–Crippen MR) is 87.5 cm³/mol. The molecule has 21 heavy (non-hydrogen) atoms. The van der Waals surface area contributed by atoms with Crippen LogP contribution in [0.2, 0.25) is 0 Å². The molecule has 0 saturated carbocycles. The van der Waals surface area contributed by atoms with E-state index in [-0.39, 0.29) is 0 Å². The standard InChI is InChI=1S/C17H28N4/c1-3-8-18-17-7-6-15(10-19-17)12-21-13-16-5-4-9-20(16)11-14(21)2/h6-7,10,14,16H,3-5,8-9,11-13H2,1-2H3,(H,18,19). The molecule has 2 fully saturated rings. The predicted octanol–water partition coefficient (Wildman–Crippen LogP) is 2.57. The molecule has 1 N–H and O–H groups in total. The second kappa shape index (κ2) is 6.75. The van der Waals surface area contributed by atoms with Gasteiger partial charge < -0.3 is 5.32 Å². The second-order valence-electron chi connectivity index (χ2n) is 6.55. The van der Waals surface area contributed by atoms with Crippen molar-refractivity contribution in [1.29, 1.82) is 0 Å². The number of nitrogens with one attached hydrogen (secondary N) is 1. The van der Waals surface area contributed by atoms with Crippen LogP contribution in [0.4, 0.5) is 5.82 Å². The summed E-state index contributed by atoms with van der Waals surface area (Å²) in [5, 5.41) is 3.33. The molecular weight excluding hydrogens is 260 g/mol. The lowest BCUT2D eigenvalue weighted by Crippen LogP contribution is -2.54. The van der Waals surface area contributed by atoms with Crippen LogP contribution in [0.15, 0.2) is 18.3 Å². The van der Waals surface area contributed by atoms with Crippen LogP contribution < -0.4 is 5.32 Å². The second-order valence-corrected chi connectivity index (χ2v) is 6.55. The summed E-state index contributed by atoms with van der Waals surface area (Å²) in [7, 11) is 0. The highest BCUT2D eigenvalue weighted by atomic mass is 15.3. The highest BCUT2D eigenvalue weighted by Gasteiger charge is 2.34. The minimum Gasteiger partial charge on any atom is -0.370 e. The van der Waals surface area contributed by atoms with Gasteiger partial charge in [-0.1, -0.05) is 13.0 Å². The molecule has 1 aromatic heterocycles. The van der Waals surface area contributed by atoms with Crippen molar-refractivity contribution in [2.24, 2.45) is 0 Å². The number of anilines is 1. The van der Waals surface area contributed by atoms with Gasteiger partial charge in [0.1, 0.15) is 5.82 Å². The first kappa shape index (κ1) is 14.8. The fourth-order valence-corrected chi connectivity index (χ4v) is 3.58. The smallest absolute Gasteiger partial charge is 0.125 e. The average molecular weight is 288 g/mol. The summed E-state index contributed by atoms with van der Waals surface area (Å²) >= 11 is 0. The summed E-state index contributed by atoms with van der Waals surface area (Å²) in [6, 6.07) is 5.78. The van der Waals surface area contributed by atoms with E-state index in [4.69, 9.17) is 0 Å². The summed E-state index contributed by atoms with van der Waals surface area (Å²) in [5.74, 6) is 0.995. The van der Waals surface area contributed by atoms with Gasteiger partial charge in [0.15, 0.2) is 0 Å². The first-order valence-corrected chi connectivity index (χ1v) is 8.43. The zero-order valence-corrected chi connectivity index (χ0v) is 13.4. The summed E-state index contributed by atoms with van der Waals surface area (Å²) < 4.78 is 0. The van der Waals surface area contributed by atoms with Crippen molar-refractivity contribution in [2.75, 3.05) is 31.5 Å². The molecule has 2 aliphatic rings. The Hall–Kier alpha value is -1.13. The number of pyridine rings is 1. The maximum absolute atomic E-state index is 4.53. The molecule has 4 heteroatoms. The first-order chi connectivity index (χ1) is 10.3. The van der Waals surface area contributed by atoms with Crippen LogP contribution in [0.3, 0.4) is 0 Å². The SMILES string of the molecule is CCCNc1ccc(CN2CC3CCCN3CC2C)cn1. The van der Waals surface area contributed by atoms with Crippen molar-refractivity contribution in [3.63, 3.8) is 0 Å². The van der Waals surface area contributed by atoms with E-state index in [0.29, 0.717) is 6.04 Å². The number of hydrogen-bond donors (Lipinski definition) is 1. The number of fused-ring (bicyclic) bond motifs is 1. The lowest BCUT2D eigenvalue weighted by Gasteiger charge is -2.42. The van der Waals surface area contributed by atoms with E-state index < -0.39 is 0 Å². The monoisotopic (exact) mass is 288 g/mol. The number of nitrogens with zero attached hydrogens (tertiary/aromatic N) is 3. The van der Waals surface area contributed by atoms with Gasteiger partial charge in [-0.2, -0.15) is 0 Å². The largest absolute Gasteiger partial charge is 0.370 e. The molecule has 2 atom stereocenters. The molecule has 1 aromatic rings. The van der Waals surface area contributed by atoms with Gasteiger partial charge >= 0.3 is 0 Å². The lowest BCUT2D eigenvalue weighted by atomic mass is 10.1. The topological polar surface area (TPSA) is 31.4 Å². The molecule has 2 saturated heterocycles. The Bertz CT molecular complexity index is 445. The van der Waals surface area contributed by atoms with Crippen LogP contribution >= 0.6 is 0 Å². The van der Waals surface area contributed by atoms with Crippen molar-refractivity contribution >= 4 is 5.82 Å². The maximum Gasteiger partial charge on any atom is 0.125 e. The molecule has 4 nitrogen and oxygen atoms in total. The van der Waals surface area contributed by atoms with E-state index >= 15 is 0 Å². The normalized spacial score (nSPS) is 26.8. The van der Waals surface area contributed by atoms with Crippen LogP contribution in [0, 0.1) is 0 Å². The molecule has 0 radical (unpaired) electrons. The molecule has 0 aromatic carbocycles. The van der Waals surface area contributed by atoms with E-state index in [1.165, 1.54) is 38.0 Å². The molecule has 116 valence electrons. The minimum absolute atomic E-state index is 0.650. The van der Waals surface area contributed by atoms with Crippen molar-refractivity contribution in [3.05, 3.63) is 23.9 Å². The van der Waals surface area contributed by atoms with Crippen molar-refractivity contribution in [1.82, 2.24) is 14.8 Å². The molecule has 3 rings (SSSR count). The molecule has 2 unspecified atom stereocenters. The molecule has 0 bridgehead atoms. The summed E-state index contributed by atoms with van der Waals surface area (Å²) in [6.45, 7) is 10.3. The quantitative estimate of drug-likeness (QED) is 0.902. The third-order valence-electron chi connectivity index (χ3n) is 4.83. The molecule has 0 aliphatic carbocycles. The first-order valence-electron chi connectivity index (χ1n) is 8.43. The molecule has 0 amide bonds. The van der Waals surface area contributed by atoms with Crippen molar-refractivity contribution in [3.8, 4) is 0 Å². The zero-order valence-electron chi connectivity index (χ0n) is 13.4. The Morgan fingerprint density at radius 3 is 3.00 bits per heavy atom. The van der Waals surface area contributed by atoms with Crippen LogP contribution in [0.25, 0.3) is 0 Å². The Morgan fingerprint density at radius 1 is 1.33 bits per heavy atom. The van der Waals surface area contributed by atoms with E-state index in [1.807, 2.05) is 6.20 Å². The lowest BCUT2D eigenvalue weighted by molar-refractivity contribution is 0.0540. The van der Waals surface area contributed by atoms with Gasteiger partial charge in [-0.25, -0.2) is 4.98 Å². The molecule has 0 spiro atoms. The fourth-order valence-electron chi connectivity index (χ4n) is 3.58. The fraction of sp³-hybridized carbons (Fsp3) is 0.706. The van der Waals surface area contributed by atoms with Crippen molar-refractivity contribution in [2.45, 2.75) is 51.7 Å². The number of aromatic nitrogens is 1. The van der Waals surface area contributed by atoms with Gasteiger partial charge in [0.05, 0.1) is 0 Å².